The molecule has 0 saturated carbocycles. The zero-order valence-electron chi connectivity index (χ0n) is 25.9. The van der Waals surface area contributed by atoms with Crippen LogP contribution in [0, 0.1) is 0 Å². The largest absolute Gasteiger partial charge is 0.414 e. The van der Waals surface area contributed by atoms with Crippen molar-refractivity contribution in [3.63, 3.8) is 0 Å². The van der Waals surface area contributed by atoms with Gasteiger partial charge >= 0.3 is 5.69 Å². The van der Waals surface area contributed by atoms with Crippen LogP contribution in [-0.2, 0) is 20.0 Å². The van der Waals surface area contributed by atoms with Crippen LogP contribution in [0.2, 0.25) is 36.3 Å². The number of Topliss-reactive ketones (excluding diaryl/α,β-unsaturated/α-hetero) is 1. The Morgan fingerprint density at radius 3 is 2.17 bits per heavy atom. The number of aryl methyl sites for hydroxylation is 1. The number of H-pyrrole nitrogens is 1. The first-order valence-electron chi connectivity index (χ1n) is 14.2. The Bertz CT molecular complexity index is 1290. The summed E-state index contributed by atoms with van der Waals surface area (Å²) < 4.78 is 21.1. The van der Waals surface area contributed by atoms with Crippen molar-refractivity contribution in [1.29, 1.82) is 0 Å². The van der Waals surface area contributed by atoms with E-state index in [0.29, 0.717) is 19.4 Å². The average molecular weight is 589 g/mol. The van der Waals surface area contributed by atoms with Crippen LogP contribution in [0.3, 0.4) is 0 Å². The second-order valence-corrected chi connectivity index (χ2v) is 23.5. The highest BCUT2D eigenvalue weighted by molar-refractivity contribution is 6.74. The van der Waals surface area contributed by atoms with E-state index in [4.69, 9.17) is 13.6 Å². The van der Waals surface area contributed by atoms with Crippen LogP contribution in [-0.4, -0.2) is 50.8 Å². The first-order chi connectivity index (χ1) is 18.3. The zero-order chi connectivity index (χ0) is 30.1. The number of rotatable bonds is 10. The fourth-order valence-corrected chi connectivity index (χ4v) is 6.51. The third-order valence-corrected chi connectivity index (χ3v) is 17.9. The minimum absolute atomic E-state index is 0.0108. The third kappa shape index (κ3) is 7.58. The van der Waals surface area contributed by atoms with Gasteiger partial charge in [-0.25, -0.2) is 4.79 Å². The standard InChI is InChI=1S/C30H48N2O6Si2/c1-29(2,3)39(7,8)36-20-25-24(38-40(9,10)30(4,5)6)18-26(37-25)32-19-22(27(34)31-28(32)35)23(33)17-16-21-14-12-11-13-15-21/h11-15,19,24-26H,16-18,20H2,1-10H3,(H,31,34,35)/t24-,25+,26+/m0/s1. The van der Waals surface area contributed by atoms with E-state index in [1.165, 1.54) is 10.8 Å². The lowest BCUT2D eigenvalue weighted by Gasteiger charge is -2.40. The Hall–Kier alpha value is -2.12. The highest BCUT2D eigenvalue weighted by Crippen LogP contribution is 2.42. The molecule has 2 heterocycles. The molecule has 0 amide bonds. The van der Waals surface area contributed by atoms with E-state index in [1.807, 2.05) is 30.3 Å². The summed E-state index contributed by atoms with van der Waals surface area (Å²) in [4.78, 5) is 41.0. The number of ketones is 1. The number of nitrogens with zero attached hydrogens (tertiary/aromatic N) is 1. The number of hydrogen-bond donors (Lipinski definition) is 1. The number of carbonyl (C=O) groups excluding carboxylic acids is 1. The lowest BCUT2D eigenvalue weighted by atomic mass is 10.0. The average Bonchev–Trinajstić information content (AvgIpc) is 3.22. The third-order valence-electron chi connectivity index (χ3n) is 8.91. The van der Waals surface area contributed by atoms with Crippen LogP contribution in [0.5, 0.6) is 0 Å². The molecule has 1 aromatic carbocycles. The number of ether oxygens (including phenoxy) is 1. The molecular formula is C30H48N2O6Si2. The predicted octanol–water partition coefficient (Wildman–Crippen LogP) is 6.05. The lowest BCUT2D eigenvalue weighted by Crippen LogP contribution is -2.48. The molecule has 3 atom stereocenters. The minimum Gasteiger partial charge on any atom is -0.414 e. The zero-order valence-corrected chi connectivity index (χ0v) is 27.9. The minimum atomic E-state index is -2.17. The highest BCUT2D eigenvalue weighted by atomic mass is 28.4. The van der Waals surface area contributed by atoms with Crippen LogP contribution < -0.4 is 11.2 Å². The second-order valence-electron chi connectivity index (χ2n) is 14.0. The van der Waals surface area contributed by atoms with Crippen molar-refractivity contribution in [3.8, 4) is 0 Å². The van der Waals surface area contributed by atoms with Crippen LogP contribution in [0.4, 0.5) is 0 Å². The van der Waals surface area contributed by atoms with Crippen molar-refractivity contribution in [2.75, 3.05) is 6.61 Å². The van der Waals surface area contributed by atoms with Crippen molar-refractivity contribution < 1.29 is 18.4 Å². The Kier molecular flexibility index (Phi) is 9.73. The normalized spacial score (nSPS) is 20.6. The van der Waals surface area contributed by atoms with E-state index in [-0.39, 0.29) is 40.1 Å². The fraction of sp³-hybridized carbons (Fsp3) is 0.633. The summed E-state index contributed by atoms with van der Waals surface area (Å²) in [5.41, 5.74) is -0.312. The van der Waals surface area contributed by atoms with E-state index in [0.717, 1.165) is 5.56 Å². The number of hydrogen-bond acceptors (Lipinski definition) is 6. The topological polar surface area (TPSA) is 99.6 Å². The van der Waals surface area contributed by atoms with Gasteiger partial charge in [0.15, 0.2) is 22.4 Å². The van der Waals surface area contributed by atoms with Crippen LogP contribution >= 0.6 is 0 Å². The van der Waals surface area contributed by atoms with Crippen LogP contribution in [0.15, 0.2) is 46.1 Å². The van der Waals surface area contributed by atoms with Gasteiger partial charge in [0.25, 0.3) is 5.56 Å². The maximum absolute atomic E-state index is 13.0. The lowest BCUT2D eigenvalue weighted by molar-refractivity contribution is -0.0412. The van der Waals surface area contributed by atoms with Gasteiger partial charge in [-0.15, -0.1) is 0 Å². The molecule has 3 rings (SSSR count). The molecule has 1 aromatic heterocycles. The van der Waals surface area contributed by atoms with Crippen LogP contribution in [0.25, 0.3) is 0 Å². The molecule has 0 bridgehead atoms. The van der Waals surface area contributed by atoms with Gasteiger partial charge in [-0.1, -0.05) is 71.9 Å². The van der Waals surface area contributed by atoms with Crippen molar-refractivity contribution in [3.05, 3.63) is 68.5 Å². The molecule has 1 fully saturated rings. The van der Waals surface area contributed by atoms with E-state index in [9.17, 15) is 14.4 Å². The summed E-state index contributed by atoms with van der Waals surface area (Å²) in [6.07, 6.45) is 1.09. The van der Waals surface area contributed by atoms with Gasteiger partial charge in [-0.3, -0.25) is 19.1 Å². The van der Waals surface area contributed by atoms with Crippen LogP contribution in [0.1, 0.15) is 76.5 Å². The number of aromatic nitrogens is 2. The number of nitrogens with one attached hydrogen (secondary N) is 1. The summed E-state index contributed by atoms with van der Waals surface area (Å²) in [6.45, 7) is 22.3. The Morgan fingerprint density at radius 2 is 1.60 bits per heavy atom. The van der Waals surface area contributed by atoms with Gasteiger partial charge in [-0.05, 0) is 48.2 Å². The van der Waals surface area contributed by atoms with Crippen molar-refractivity contribution >= 4 is 22.4 Å². The summed E-state index contributed by atoms with van der Waals surface area (Å²) in [7, 11) is -4.23. The molecule has 1 aliphatic heterocycles. The number of benzene rings is 1. The SMILES string of the molecule is CC(C)(C)[Si](C)(C)OC[C@H]1O[C@@H](n2cc(C(=O)CCc3ccccc3)c(=O)[nH]c2=O)C[C@@H]1O[Si](C)(C)C(C)(C)C. The highest BCUT2D eigenvalue weighted by Gasteiger charge is 2.46. The van der Waals surface area contributed by atoms with Gasteiger partial charge in [0.2, 0.25) is 0 Å². The summed E-state index contributed by atoms with van der Waals surface area (Å²) in [5.74, 6) is -0.316. The molecule has 0 aliphatic carbocycles. The molecule has 2 aromatic rings. The summed E-state index contributed by atoms with van der Waals surface area (Å²) >= 11 is 0. The Balaban J connectivity index is 1.87. The molecule has 0 radical (unpaired) electrons. The molecule has 1 saturated heterocycles. The first-order valence-corrected chi connectivity index (χ1v) is 20.0. The molecule has 0 unspecified atom stereocenters. The van der Waals surface area contributed by atoms with Crippen molar-refractivity contribution in [2.24, 2.45) is 0 Å². The number of aromatic amines is 1. The first kappa shape index (κ1) is 32.4. The second kappa shape index (κ2) is 12.0. The molecule has 1 aliphatic rings. The molecule has 10 heteroatoms. The molecule has 1 N–H and O–H groups in total. The smallest absolute Gasteiger partial charge is 0.330 e. The molecule has 40 heavy (non-hydrogen) atoms. The summed E-state index contributed by atoms with van der Waals surface area (Å²) in [6, 6.07) is 9.63. The van der Waals surface area contributed by atoms with Crippen molar-refractivity contribution in [1.82, 2.24) is 9.55 Å². The van der Waals surface area contributed by atoms with Gasteiger partial charge in [-0.2, -0.15) is 0 Å². The molecule has 0 spiro atoms. The van der Waals surface area contributed by atoms with Gasteiger partial charge in [0.05, 0.1) is 18.3 Å². The molecule has 222 valence electrons. The van der Waals surface area contributed by atoms with E-state index in [1.54, 1.807) is 0 Å². The predicted molar refractivity (Wildman–Crippen MR) is 164 cm³/mol. The van der Waals surface area contributed by atoms with Gasteiger partial charge in [0, 0.05) is 19.0 Å². The Labute approximate surface area is 240 Å². The van der Waals surface area contributed by atoms with E-state index in [2.05, 4.69) is 72.7 Å². The fourth-order valence-electron chi connectivity index (χ4n) is 4.14. The quantitative estimate of drug-likeness (QED) is 0.268. The van der Waals surface area contributed by atoms with E-state index < -0.39 is 34.1 Å². The maximum Gasteiger partial charge on any atom is 0.330 e. The van der Waals surface area contributed by atoms with Crippen molar-refractivity contribution in [2.45, 2.75) is 116 Å². The Morgan fingerprint density at radius 1 is 1.00 bits per heavy atom. The van der Waals surface area contributed by atoms with E-state index >= 15 is 0 Å². The molecule has 8 nitrogen and oxygen atoms in total. The van der Waals surface area contributed by atoms with Gasteiger partial charge in [0.1, 0.15) is 12.3 Å². The number of carbonyl (C=O) groups is 1. The van der Waals surface area contributed by atoms with Gasteiger partial charge < -0.3 is 13.6 Å². The maximum atomic E-state index is 13.0. The molecular weight excluding hydrogens is 541 g/mol. The monoisotopic (exact) mass is 588 g/mol. The summed E-state index contributed by atoms with van der Waals surface area (Å²) in [5, 5.41) is 0.0226.